The molecule has 3 aromatic carbocycles. The SMILES string of the molecule is CC[C@H]1CN2CCc3cc(OC)c(OC)cc3[C@@H]2C[C@@H]1C[C@@H]1c2cc(OC)c(OC)cc2CCN1C(=O)OCc1ccccc1. The second-order valence-electron chi connectivity index (χ2n) is 12.5. The van der Waals surface area contributed by atoms with Crippen LogP contribution in [0.25, 0.3) is 0 Å². The molecule has 3 aromatic rings. The zero-order valence-corrected chi connectivity index (χ0v) is 27.2. The van der Waals surface area contributed by atoms with E-state index >= 15 is 0 Å². The topological polar surface area (TPSA) is 69.7 Å². The van der Waals surface area contributed by atoms with Gasteiger partial charge in [0.1, 0.15) is 6.61 Å². The lowest BCUT2D eigenvalue weighted by Gasteiger charge is -2.49. The average Bonchev–Trinajstić information content (AvgIpc) is 3.09. The molecule has 0 saturated carbocycles. The van der Waals surface area contributed by atoms with Gasteiger partial charge in [0.25, 0.3) is 0 Å². The van der Waals surface area contributed by atoms with Crippen LogP contribution in [0.3, 0.4) is 0 Å². The van der Waals surface area contributed by atoms with Gasteiger partial charge >= 0.3 is 6.09 Å². The summed E-state index contributed by atoms with van der Waals surface area (Å²) in [5.41, 5.74) is 5.99. The molecule has 1 saturated heterocycles. The van der Waals surface area contributed by atoms with Crippen LogP contribution >= 0.6 is 0 Å². The Hall–Kier alpha value is -3.91. The monoisotopic (exact) mass is 614 g/mol. The lowest BCUT2D eigenvalue weighted by Crippen LogP contribution is -2.47. The molecule has 6 rings (SSSR count). The van der Waals surface area contributed by atoms with Crippen molar-refractivity contribution in [1.82, 2.24) is 9.80 Å². The molecular formula is C37H46N2O6. The van der Waals surface area contributed by atoms with E-state index in [1.807, 2.05) is 35.2 Å². The molecule has 45 heavy (non-hydrogen) atoms. The number of rotatable bonds is 9. The summed E-state index contributed by atoms with van der Waals surface area (Å²) in [6.45, 7) is 5.24. The van der Waals surface area contributed by atoms with Gasteiger partial charge in [-0.3, -0.25) is 4.90 Å². The van der Waals surface area contributed by atoms with E-state index in [-0.39, 0.29) is 18.7 Å². The maximum absolute atomic E-state index is 13.8. The molecule has 3 aliphatic heterocycles. The first-order valence-electron chi connectivity index (χ1n) is 16.2. The van der Waals surface area contributed by atoms with Crippen LogP contribution in [-0.4, -0.2) is 64.0 Å². The summed E-state index contributed by atoms with van der Waals surface area (Å²) in [6, 6.07) is 18.6. The van der Waals surface area contributed by atoms with Crippen molar-refractivity contribution in [1.29, 1.82) is 0 Å². The van der Waals surface area contributed by atoms with Crippen LogP contribution in [0.1, 0.15) is 66.1 Å². The third kappa shape index (κ3) is 6.17. The largest absolute Gasteiger partial charge is 0.493 e. The van der Waals surface area contributed by atoms with Gasteiger partial charge in [0, 0.05) is 25.7 Å². The highest BCUT2D eigenvalue weighted by Crippen LogP contribution is 2.49. The zero-order chi connectivity index (χ0) is 31.5. The molecule has 3 heterocycles. The van der Waals surface area contributed by atoms with Crippen LogP contribution in [0.15, 0.2) is 54.6 Å². The fourth-order valence-corrected chi connectivity index (χ4v) is 7.85. The Balaban J connectivity index is 1.32. The Morgan fingerprint density at radius 1 is 0.778 bits per heavy atom. The summed E-state index contributed by atoms with van der Waals surface area (Å²) in [5.74, 6) is 3.90. The van der Waals surface area contributed by atoms with E-state index in [0.717, 1.165) is 73.6 Å². The van der Waals surface area contributed by atoms with Gasteiger partial charge in [-0.25, -0.2) is 4.79 Å². The molecule has 1 fully saturated rings. The molecule has 8 heteroatoms. The van der Waals surface area contributed by atoms with Crippen LogP contribution < -0.4 is 18.9 Å². The molecule has 0 N–H and O–H groups in total. The van der Waals surface area contributed by atoms with Crippen molar-refractivity contribution in [3.8, 4) is 23.0 Å². The number of hydrogen-bond donors (Lipinski definition) is 0. The van der Waals surface area contributed by atoms with E-state index in [0.29, 0.717) is 30.2 Å². The summed E-state index contributed by atoms with van der Waals surface area (Å²) < 4.78 is 28.7. The molecule has 8 nitrogen and oxygen atoms in total. The van der Waals surface area contributed by atoms with Gasteiger partial charge in [-0.1, -0.05) is 43.7 Å². The Morgan fingerprint density at radius 2 is 1.38 bits per heavy atom. The van der Waals surface area contributed by atoms with E-state index in [2.05, 4.69) is 36.1 Å². The number of nitrogens with zero attached hydrogens (tertiary/aromatic N) is 2. The standard InChI is InChI=1S/C37H46N2O6/c1-6-25-22-38-14-12-26-18-33(41-2)35(43-4)20-29(26)31(38)16-28(25)17-32-30-21-36(44-5)34(42-3)19-27(30)13-15-39(32)37(40)45-23-24-10-8-7-9-11-24/h7-11,18-21,25,28,31-32H,6,12-17,22-23H2,1-5H3/t25-,28+,31-,32+/m0/s1. The van der Waals surface area contributed by atoms with Gasteiger partial charge in [0.15, 0.2) is 23.0 Å². The van der Waals surface area contributed by atoms with E-state index in [4.69, 9.17) is 23.7 Å². The molecule has 0 spiro atoms. The second-order valence-corrected chi connectivity index (χ2v) is 12.5. The van der Waals surface area contributed by atoms with Crippen molar-refractivity contribution >= 4 is 6.09 Å². The van der Waals surface area contributed by atoms with Crippen molar-refractivity contribution in [2.24, 2.45) is 11.8 Å². The molecule has 0 radical (unpaired) electrons. The van der Waals surface area contributed by atoms with Gasteiger partial charge in [-0.05, 0) is 89.6 Å². The van der Waals surface area contributed by atoms with Crippen molar-refractivity contribution in [3.63, 3.8) is 0 Å². The number of hydrogen-bond acceptors (Lipinski definition) is 7. The normalized spacial score (nSPS) is 22.5. The summed E-state index contributed by atoms with van der Waals surface area (Å²) >= 11 is 0. The predicted molar refractivity (Wildman–Crippen MR) is 173 cm³/mol. The molecular weight excluding hydrogens is 568 g/mol. The molecule has 1 amide bonds. The number of methoxy groups -OCH3 is 4. The predicted octanol–water partition coefficient (Wildman–Crippen LogP) is 6.99. The van der Waals surface area contributed by atoms with Crippen LogP contribution in [0, 0.1) is 11.8 Å². The lowest BCUT2D eigenvalue weighted by atomic mass is 9.72. The molecule has 3 aliphatic rings. The number of fused-ring (bicyclic) bond motifs is 4. The quantitative estimate of drug-likeness (QED) is 0.257. The highest BCUT2D eigenvalue weighted by molar-refractivity contribution is 5.69. The molecule has 0 aromatic heterocycles. The van der Waals surface area contributed by atoms with Gasteiger partial charge in [0.05, 0.1) is 34.5 Å². The summed E-state index contributed by atoms with van der Waals surface area (Å²) in [7, 11) is 6.74. The smallest absolute Gasteiger partial charge is 0.410 e. The van der Waals surface area contributed by atoms with Crippen molar-refractivity contribution in [2.45, 2.75) is 57.7 Å². The maximum Gasteiger partial charge on any atom is 0.410 e. The van der Waals surface area contributed by atoms with Gasteiger partial charge < -0.3 is 28.6 Å². The van der Waals surface area contributed by atoms with Crippen molar-refractivity contribution in [2.75, 3.05) is 48.1 Å². The number of carbonyl (C=O) groups is 1. The number of ether oxygens (including phenoxy) is 5. The van der Waals surface area contributed by atoms with Crippen molar-refractivity contribution in [3.05, 3.63) is 82.4 Å². The average molecular weight is 615 g/mol. The van der Waals surface area contributed by atoms with Crippen LogP contribution in [0.4, 0.5) is 4.79 Å². The number of amides is 1. The molecule has 240 valence electrons. The minimum atomic E-state index is -0.269. The fraction of sp³-hybridized carbons (Fsp3) is 0.486. The minimum Gasteiger partial charge on any atom is -0.493 e. The molecule has 0 aliphatic carbocycles. The zero-order valence-electron chi connectivity index (χ0n) is 27.2. The number of piperidine rings is 1. The van der Waals surface area contributed by atoms with Gasteiger partial charge in [-0.2, -0.15) is 0 Å². The Bertz CT molecular complexity index is 1490. The third-order valence-corrected chi connectivity index (χ3v) is 10.3. The fourth-order valence-electron chi connectivity index (χ4n) is 7.85. The highest BCUT2D eigenvalue weighted by Gasteiger charge is 2.42. The third-order valence-electron chi connectivity index (χ3n) is 10.3. The first-order chi connectivity index (χ1) is 22.0. The summed E-state index contributed by atoms with van der Waals surface area (Å²) in [6.07, 6.45) is 4.44. The summed E-state index contributed by atoms with van der Waals surface area (Å²) in [4.78, 5) is 18.4. The van der Waals surface area contributed by atoms with Gasteiger partial charge in [0.2, 0.25) is 0 Å². The van der Waals surface area contributed by atoms with Crippen LogP contribution in [-0.2, 0) is 24.2 Å². The number of carbonyl (C=O) groups excluding carboxylic acids is 1. The van der Waals surface area contributed by atoms with Gasteiger partial charge in [-0.15, -0.1) is 0 Å². The van der Waals surface area contributed by atoms with Crippen molar-refractivity contribution < 1.29 is 28.5 Å². The van der Waals surface area contributed by atoms with E-state index in [9.17, 15) is 4.79 Å². The number of benzene rings is 3. The first-order valence-corrected chi connectivity index (χ1v) is 16.2. The Labute approximate surface area is 267 Å². The second kappa shape index (κ2) is 13.6. The lowest BCUT2D eigenvalue weighted by molar-refractivity contribution is 0.0262. The minimum absolute atomic E-state index is 0.129. The molecule has 0 unspecified atom stereocenters. The Kier molecular flexibility index (Phi) is 9.40. The molecule has 4 atom stereocenters. The highest BCUT2D eigenvalue weighted by atomic mass is 16.6. The van der Waals surface area contributed by atoms with E-state index in [1.54, 1.807) is 28.4 Å². The maximum atomic E-state index is 13.8. The summed E-state index contributed by atoms with van der Waals surface area (Å²) in [5, 5.41) is 0. The first kappa shape index (κ1) is 31.1. The van der Waals surface area contributed by atoms with Crippen LogP contribution in [0.5, 0.6) is 23.0 Å². The van der Waals surface area contributed by atoms with E-state index < -0.39 is 0 Å². The van der Waals surface area contributed by atoms with E-state index in [1.165, 1.54) is 16.7 Å². The van der Waals surface area contributed by atoms with Crippen LogP contribution in [0.2, 0.25) is 0 Å². The molecule has 0 bridgehead atoms. The Morgan fingerprint density at radius 3 is 2.02 bits per heavy atom.